The molecule has 2 aliphatic rings. The average molecular weight is 357 g/mol. The largest absolute Gasteiger partial charge is 0.493 e. The average Bonchev–Trinajstić information content (AvgIpc) is 3.21. The smallest absolute Gasteiger partial charge is 0.227 e. The molecule has 0 aliphatic carbocycles. The molecule has 0 amide bonds. The molecule has 3 heterocycles. The molecule has 0 spiro atoms. The van der Waals surface area contributed by atoms with Crippen molar-refractivity contribution in [2.75, 3.05) is 43.7 Å². The number of nitrogens with zero attached hydrogens (tertiary/aromatic N) is 4. The first-order chi connectivity index (χ1) is 12.7. The first-order valence-electron chi connectivity index (χ1n) is 9.42. The lowest BCUT2D eigenvalue weighted by Crippen LogP contribution is -2.46. The molecule has 2 aromatic rings. The van der Waals surface area contributed by atoms with E-state index in [-0.39, 0.29) is 6.17 Å². The van der Waals surface area contributed by atoms with Crippen LogP contribution < -0.4 is 25.0 Å². The Kier molecular flexibility index (Phi) is 4.72. The molecule has 26 heavy (non-hydrogen) atoms. The molecule has 0 bridgehead atoms. The van der Waals surface area contributed by atoms with E-state index in [1.54, 1.807) is 14.2 Å². The lowest BCUT2D eigenvalue weighted by molar-refractivity contribution is 0.355. The summed E-state index contributed by atoms with van der Waals surface area (Å²) in [6.45, 7) is 2.93. The van der Waals surface area contributed by atoms with Gasteiger partial charge < -0.3 is 25.0 Å². The van der Waals surface area contributed by atoms with Gasteiger partial charge in [-0.3, -0.25) is 0 Å². The van der Waals surface area contributed by atoms with Gasteiger partial charge in [-0.25, -0.2) is 4.98 Å². The number of ether oxygens (including phenoxy) is 2. The van der Waals surface area contributed by atoms with Crippen LogP contribution in [0.5, 0.6) is 11.5 Å². The number of hydrogen-bond acceptors (Lipinski definition) is 7. The lowest BCUT2D eigenvalue weighted by Gasteiger charge is -2.35. The van der Waals surface area contributed by atoms with E-state index in [1.807, 2.05) is 12.1 Å². The fraction of sp³-hybridized carbons (Fsp3) is 0.579. The highest BCUT2D eigenvalue weighted by Crippen LogP contribution is 2.37. The highest BCUT2D eigenvalue weighted by molar-refractivity contribution is 5.93. The third kappa shape index (κ3) is 3.00. The van der Waals surface area contributed by atoms with E-state index >= 15 is 0 Å². The minimum absolute atomic E-state index is 0.0126. The number of rotatable bonds is 4. The summed E-state index contributed by atoms with van der Waals surface area (Å²) in [5.41, 5.74) is 7.30. The predicted octanol–water partition coefficient (Wildman–Crippen LogP) is 2.52. The SMILES string of the molecule is COc1cc2nc(N3CCCC3)nc(N3CCCCC3N)c2cc1OC. The fourth-order valence-electron chi connectivity index (χ4n) is 3.93. The van der Waals surface area contributed by atoms with Crippen molar-refractivity contribution in [3.05, 3.63) is 12.1 Å². The van der Waals surface area contributed by atoms with Crippen molar-refractivity contribution in [1.29, 1.82) is 0 Å². The Labute approximate surface area is 154 Å². The Bertz CT molecular complexity index is 791. The van der Waals surface area contributed by atoms with Crippen LogP contribution in [0.25, 0.3) is 10.9 Å². The van der Waals surface area contributed by atoms with Gasteiger partial charge in [-0.1, -0.05) is 0 Å². The zero-order valence-corrected chi connectivity index (χ0v) is 15.6. The number of anilines is 2. The van der Waals surface area contributed by atoms with Gasteiger partial charge in [0.2, 0.25) is 5.95 Å². The van der Waals surface area contributed by atoms with Crippen molar-refractivity contribution >= 4 is 22.7 Å². The van der Waals surface area contributed by atoms with E-state index < -0.39 is 0 Å². The number of methoxy groups -OCH3 is 2. The number of benzene rings is 1. The minimum Gasteiger partial charge on any atom is -0.493 e. The molecule has 2 N–H and O–H groups in total. The monoisotopic (exact) mass is 357 g/mol. The molecule has 7 nitrogen and oxygen atoms in total. The maximum Gasteiger partial charge on any atom is 0.227 e. The molecule has 1 atom stereocenters. The summed E-state index contributed by atoms with van der Waals surface area (Å²) < 4.78 is 11.0. The Balaban J connectivity index is 1.90. The molecule has 4 rings (SSSR count). The number of aromatic nitrogens is 2. The fourth-order valence-corrected chi connectivity index (χ4v) is 3.93. The maximum absolute atomic E-state index is 6.43. The second-order valence-electron chi connectivity index (χ2n) is 7.02. The van der Waals surface area contributed by atoms with Crippen molar-refractivity contribution < 1.29 is 9.47 Å². The van der Waals surface area contributed by atoms with Crippen molar-refractivity contribution in [2.24, 2.45) is 5.73 Å². The highest BCUT2D eigenvalue weighted by Gasteiger charge is 2.26. The summed E-state index contributed by atoms with van der Waals surface area (Å²) in [6, 6.07) is 3.91. The summed E-state index contributed by atoms with van der Waals surface area (Å²) in [6.07, 6.45) is 5.64. The second-order valence-corrected chi connectivity index (χ2v) is 7.02. The molecular weight excluding hydrogens is 330 g/mol. The number of hydrogen-bond donors (Lipinski definition) is 1. The first-order valence-corrected chi connectivity index (χ1v) is 9.42. The predicted molar refractivity (Wildman–Crippen MR) is 103 cm³/mol. The van der Waals surface area contributed by atoms with Crippen LogP contribution in [0.1, 0.15) is 32.1 Å². The Morgan fingerprint density at radius 2 is 1.65 bits per heavy atom. The standard InChI is InChI=1S/C19H27N5O2/c1-25-15-11-13-14(12-16(15)26-2)21-19(23-8-5-6-9-23)22-18(13)24-10-4-3-7-17(24)20/h11-12,17H,3-10,20H2,1-2H3. The van der Waals surface area contributed by atoms with Crippen molar-refractivity contribution in [3.8, 4) is 11.5 Å². The molecule has 2 saturated heterocycles. The van der Waals surface area contributed by atoms with Crippen LogP contribution in [-0.4, -0.2) is 50.0 Å². The Morgan fingerprint density at radius 1 is 0.962 bits per heavy atom. The van der Waals surface area contributed by atoms with Crippen LogP contribution in [0.2, 0.25) is 0 Å². The van der Waals surface area contributed by atoms with Crippen LogP contribution in [-0.2, 0) is 0 Å². The van der Waals surface area contributed by atoms with Gasteiger partial charge in [0.1, 0.15) is 5.82 Å². The van der Waals surface area contributed by atoms with Crippen molar-refractivity contribution in [2.45, 2.75) is 38.3 Å². The topological polar surface area (TPSA) is 76.7 Å². The van der Waals surface area contributed by atoms with Crippen LogP contribution >= 0.6 is 0 Å². The van der Waals surface area contributed by atoms with E-state index in [1.165, 1.54) is 12.8 Å². The number of fused-ring (bicyclic) bond motifs is 1. The van der Waals surface area contributed by atoms with Crippen LogP contribution in [0.15, 0.2) is 12.1 Å². The zero-order valence-electron chi connectivity index (χ0n) is 15.6. The third-order valence-corrected chi connectivity index (χ3v) is 5.38. The summed E-state index contributed by atoms with van der Waals surface area (Å²) in [5, 5.41) is 0.961. The number of piperidine rings is 1. The van der Waals surface area contributed by atoms with Gasteiger partial charge >= 0.3 is 0 Å². The minimum atomic E-state index is -0.0126. The Hall–Kier alpha value is -2.28. The molecule has 2 aliphatic heterocycles. The van der Waals surface area contributed by atoms with Crippen molar-refractivity contribution in [3.63, 3.8) is 0 Å². The van der Waals surface area contributed by atoms with Crippen molar-refractivity contribution in [1.82, 2.24) is 9.97 Å². The van der Waals surface area contributed by atoms with Gasteiger partial charge in [-0.2, -0.15) is 4.98 Å². The normalized spacial score (nSPS) is 20.7. The second kappa shape index (κ2) is 7.15. The quantitative estimate of drug-likeness (QED) is 0.901. The molecular formula is C19H27N5O2. The molecule has 1 aromatic heterocycles. The lowest BCUT2D eigenvalue weighted by atomic mass is 10.1. The van der Waals surface area contributed by atoms with Gasteiger partial charge in [0.05, 0.1) is 25.9 Å². The molecule has 0 radical (unpaired) electrons. The number of nitrogens with two attached hydrogens (primary N) is 1. The van der Waals surface area contributed by atoms with E-state index in [0.29, 0.717) is 11.5 Å². The first kappa shape index (κ1) is 17.1. The summed E-state index contributed by atoms with van der Waals surface area (Å²) in [5.74, 6) is 3.06. The van der Waals surface area contributed by atoms with Gasteiger partial charge in [-0.15, -0.1) is 0 Å². The molecule has 1 aromatic carbocycles. The van der Waals surface area contributed by atoms with Crippen LogP contribution in [0, 0.1) is 0 Å². The van der Waals surface area contributed by atoms with Crippen LogP contribution in [0.4, 0.5) is 11.8 Å². The van der Waals surface area contributed by atoms with Crippen LogP contribution in [0.3, 0.4) is 0 Å². The van der Waals surface area contributed by atoms with E-state index in [0.717, 1.165) is 61.6 Å². The third-order valence-electron chi connectivity index (χ3n) is 5.38. The molecule has 1 unspecified atom stereocenters. The van der Waals surface area contributed by atoms with Gasteiger partial charge in [-0.05, 0) is 38.2 Å². The van der Waals surface area contributed by atoms with E-state index in [9.17, 15) is 0 Å². The maximum atomic E-state index is 6.43. The Morgan fingerprint density at radius 3 is 2.35 bits per heavy atom. The van der Waals surface area contributed by atoms with Gasteiger partial charge in [0.25, 0.3) is 0 Å². The van der Waals surface area contributed by atoms with E-state index in [4.69, 9.17) is 25.2 Å². The van der Waals surface area contributed by atoms with E-state index in [2.05, 4.69) is 9.80 Å². The zero-order chi connectivity index (χ0) is 18.1. The highest BCUT2D eigenvalue weighted by atomic mass is 16.5. The summed E-state index contributed by atoms with van der Waals surface area (Å²) in [7, 11) is 3.29. The summed E-state index contributed by atoms with van der Waals surface area (Å²) >= 11 is 0. The molecule has 140 valence electrons. The summed E-state index contributed by atoms with van der Waals surface area (Å²) in [4.78, 5) is 14.3. The molecule has 0 saturated carbocycles. The van der Waals surface area contributed by atoms with Gasteiger partial charge in [0, 0.05) is 31.1 Å². The van der Waals surface area contributed by atoms with Gasteiger partial charge in [0.15, 0.2) is 11.5 Å². The molecule has 2 fully saturated rings. The molecule has 7 heteroatoms.